The van der Waals surface area contributed by atoms with Crippen molar-refractivity contribution in [2.24, 2.45) is 0 Å². The van der Waals surface area contributed by atoms with E-state index < -0.39 is 6.61 Å². The van der Waals surface area contributed by atoms with E-state index in [1.54, 1.807) is 19.1 Å². The summed E-state index contributed by atoms with van der Waals surface area (Å²) in [6.07, 6.45) is 2.23. The number of rotatable bonds is 9. The third kappa shape index (κ3) is 5.74. The molecule has 0 saturated carbocycles. The summed E-state index contributed by atoms with van der Waals surface area (Å²) in [5, 5.41) is 3.38. The van der Waals surface area contributed by atoms with Gasteiger partial charge in [0.2, 0.25) is 0 Å². The van der Waals surface area contributed by atoms with E-state index in [1.165, 1.54) is 6.07 Å². The second-order valence-corrected chi connectivity index (χ2v) is 4.66. The molecule has 0 aliphatic carbocycles. The highest BCUT2D eigenvalue weighted by Gasteiger charge is 2.11. The summed E-state index contributed by atoms with van der Waals surface area (Å²) < 4.78 is 34.4. The number of halogens is 2. The van der Waals surface area contributed by atoms with E-state index in [9.17, 15) is 8.78 Å². The fraction of sp³-hybridized carbons (Fsp3) is 0.600. The maximum Gasteiger partial charge on any atom is 0.387 e. The van der Waals surface area contributed by atoms with Gasteiger partial charge in [0.15, 0.2) is 11.5 Å². The predicted octanol–water partition coefficient (Wildman–Crippen LogP) is 3.96. The second-order valence-electron chi connectivity index (χ2n) is 4.66. The number of alkyl halides is 2. The minimum atomic E-state index is -2.84. The molecule has 1 unspecified atom stereocenters. The first-order valence-corrected chi connectivity index (χ1v) is 7.00. The van der Waals surface area contributed by atoms with E-state index in [1.807, 2.05) is 0 Å². The minimum Gasteiger partial charge on any atom is -0.490 e. The number of ether oxygens (including phenoxy) is 2. The molecule has 0 aromatic heterocycles. The third-order valence-corrected chi connectivity index (χ3v) is 2.90. The molecule has 1 aromatic carbocycles. The summed E-state index contributed by atoms with van der Waals surface area (Å²) in [6, 6.07) is 5.46. The molecule has 20 heavy (non-hydrogen) atoms. The van der Waals surface area contributed by atoms with Gasteiger partial charge < -0.3 is 14.8 Å². The van der Waals surface area contributed by atoms with Crippen LogP contribution in [0.3, 0.4) is 0 Å². The molecule has 1 rings (SSSR count). The predicted molar refractivity (Wildman–Crippen MR) is 75.5 cm³/mol. The summed E-state index contributed by atoms with van der Waals surface area (Å²) >= 11 is 0. The summed E-state index contributed by atoms with van der Waals surface area (Å²) in [6.45, 7) is 4.31. The number of hydrogen-bond donors (Lipinski definition) is 1. The lowest BCUT2D eigenvalue weighted by atomic mass is 10.1. The molecular formula is C15H23F2NO2. The van der Waals surface area contributed by atoms with Crippen LogP contribution in [0.25, 0.3) is 0 Å². The first-order chi connectivity index (χ1) is 9.56. The maximum atomic E-state index is 12.3. The monoisotopic (exact) mass is 287 g/mol. The largest absolute Gasteiger partial charge is 0.490 e. The Kier molecular flexibility index (Phi) is 7.30. The van der Waals surface area contributed by atoms with Crippen molar-refractivity contribution in [1.29, 1.82) is 0 Å². The van der Waals surface area contributed by atoms with Crippen LogP contribution in [0.1, 0.15) is 39.2 Å². The molecule has 1 aromatic rings. The van der Waals surface area contributed by atoms with Gasteiger partial charge in [0, 0.05) is 12.6 Å². The Bertz CT molecular complexity index is 399. The van der Waals surface area contributed by atoms with Crippen LogP contribution in [-0.4, -0.2) is 19.3 Å². The molecule has 0 spiro atoms. The van der Waals surface area contributed by atoms with Crippen molar-refractivity contribution in [3.63, 3.8) is 0 Å². The van der Waals surface area contributed by atoms with Gasteiger partial charge in [0.25, 0.3) is 0 Å². The van der Waals surface area contributed by atoms with Crippen molar-refractivity contribution < 1.29 is 18.3 Å². The highest BCUT2D eigenvalue weighted by Crippen LogP contribution is 2.29. The Balaban J connectivity index is 2.71. The zero-order chi connectivity index (χ0) is 15.0. The topological polar surface area (TPSA) is 30.5 Å². The molecular weight excluding hydrogens is 264 g/mol. The van der Waals surface area contributed by atoms with Crippen LogP contribution in [0, 0.1) is 0 Å². The van der Waals surface area contributed by atoms with E-state index in [0.717, 1.165) is 18.4 Å². The number of hydrogen-bond acceptors (Lipinski definition) is 3. The average molecular weight is 287 g/mol. The van der Waals surface area contributed by atoms with Gasteiger partial charge >= 0.3 is 6.61 Å². The second kappa shape index (κ2) is 8.74. The lowest BCUT2D eigenvalue weighted by molar-refractivity contribution is -0.0514. The Morgan fingerprint density at radius 1 is 1.20 bits per heavy atom. The van der Waals surface area contributed by atoms with Crippen LogP contribution in [0.4, 0.5) is 8.78 Å². The smallest absolute Gasteiger partial charge is 0.387 e. The van der Waals surface area contributed by atoms with Gasteiger partial charge in [-0.2, -0.15) is 8.78 Å². The van der Waals surface area contributed by atoms with Gasteiger partial charge in [0.05, 0.1) is 6.61 Å². The van der Waals surface area contributed by atoms with E-state index in [0.29, 0.717) is 24.9 Å². The SMILES string of the molecule is CCCC(C)NCc1ccc(OC(F)F)c(OCC)c1. The average Bonchev–Trinajstić information content (AvgIpc) is 2.39. The Morgan fingerprint density at radius 2 is 1.95 bits per heavy atom. The molecule has 0 bridgehead atoms. The molecule has 0 aliphatic heterocycles. The normalized spacial score (nSPS) is 12.5. The molecule has 0 radical (unpaired) electrons. The first kappa shape index (κ1) is 16.7. The van der Waals surface area contributed by atoms with Crippen molar-refractivity contribution >= 4 is 0 Å². The molecule has 114 valence electrons. The van der Waals surface area contributed by atoms with Gasteiger partial charge in [-0.3, -0.25) is 0 Å². The zero-order valence-corrected chi connectivity index (χ0v) is 12.3. The summed E-state index contributed by atoms with van der Waals surface area (Å²) in [5.74, 6) is 0.433. The minimum absolute atomic E-state index is 0.0761. The van der Waals surface area contributed by atoms with Gasteiger partial charge in [-0.05, 0) is 38.0 Å². The van der Waals surface area contributed by atoms with E-state index in [4.69, 9.17) is 4.74 Å². The van der Waals surface area contributed by atoms with Crippen molar-refractivity contribution in [2.75, 3.05) is 6.61 Å². The van der Waals surface area contributed by atoms with Gasteiger partial charge in [-0.15, -0.1) is 0 Å². The van der Waals surface area contributed by atoms with Crippen LogP contribution in [0.2, 0.25) is 0 Å². The molecule has 0 amide bonds. The molecule has 5 heteroatoms. The van der Waals surface area contributed by atoms with Crippen molar-refractivity contribution in [2.45, 2.75) is 52.8 Å². The fourth-order valence-electron chi connectivity index (χ4n) is 1.95. The van der Waals surface area contributed by atoms with Gasteiger partial charge in [-0.1, -0.05) is 19.4 Å². The van der Waals surface area contributed by atoms with Crippen molar-refractivity contribution in [3.8, 4) is 11.5 Å². The molecule has 1 N–H and O–H groups in total. The number of nitrogens with one attached hydrogen (secondary N) is 1. The first-order valence-electron chi connectivity index (χ1n) is 7.00. The van der Waals surface area contributed by atoms with Gasteiger partial charge in [0.1, 0.15) is 0 Å². The Labute approximate surface area is 119 Å². The highest BCUT2D eigenvalue weighted by atomic mass is 19.3. The molecule has 0 heterocycles. The van der Waals surface area contributed by atoms with E-state index in [-0.39, 0.29) is 5.75 Å². The van der Waals surface area contributed by atoms with Crippen LogP contribution < -0.4 is 14.8 Å². The summed E-state index contributed by atoms with van der Waals surface area (Å²) in [4.78, 5) is 0. The van der Waals surface area contributed by atoms with Crippen LogP contribution in [-0.2, 0) is 6.54 Å². The third-order valence-electron chi connectivity index (χ3n) is 2.90. The quantitative estimate of drug-likeness (QED) is 0.745. The van der Waals surface area contributed by atoms with Crippen molar-refractivity contribution in [1.82, 2.24) is 5.32 Å². The molecule has 1 atom stereocenters. The van der Waals surface area contributed by atoms with Gasteiger partial charge in [-0.25, -0.2) is 0 Å². The van der Waals surface area contributed by atoms with E-state index in [2.05, 4.69) is 23.9 Å². The summed E-state index contributed by atoms with van der Waals surface area (Å²) in [5.41, 5.74) is 0.984. The van der Waals surface area contributed by atoms with E-state index >= 15 is 0 Å². The van der Waals surface area contributed by atoms with Crippen LogP contribution >= 0.6 is 0 Å². The maximum absolute atomic E-state index is 12.3. The Morgan fingerprint density at radius 3 is 2.55 bits per heavy atom. The molecule has 0 fully saturated rings. The standard InChI is InChI=1S/C15H23F2NO2/c1-4-6-11(3)18-10-12-7-8-13(20-15(16)17)14(9-12)19-5-2/h7-9,11,15,18H,4-6,10H2,1-3H3. The molecule has 0 saturated heterocycles. The highest BCUT2D eigenvalue weighted by molar-refractivity contribution is 5.43. The molecule has 3 nitrogen and oxygen atoms in total. The van der Waals surface area contributed by atoms with Crippen molar-refractivity contribution in [3.05, 3.63) is 23.8 Å². The lowest BCUT2D eigenvalue weighted by Gasteiger charge is -2.15. The summed E-state index contributed by atoms with van der Waals surface area (Å²) in [7, 11) is 0. The van der Waals surface area contributed by atoms with Crippen LogP contribution in [0.5, 0.6) is 11.5 Å². The number of benzene rings is 1. The van der Waals surface area contributed by atoms with Crippen LogP contribution in [0.15, 0.2) is 18.2 Å². The molecule has 0 aliphatic rings. The lowest BCUT2D eigenvalue weighted by Crippen LogP contribution is -2.25. The fourth-order valence-corrected chi connectivity index (χ4v) is 1.95. The Hall–Kier alpha value is -1.36. The zero-order valence-electron chi connectivity index (χ0n) is 12.3.